The summed E-state index contributed by atoms with van der Waals surface area (Å²) < 4.78 is 3.37. The topological polar surface area (TPSA) is 82.5 Å². The molecule has 1 aromatic heterocycles. The molecule has 6 heteroatoms. The molecule has 2 aromatic rings. The van der Waals surface area contributed by atoms with Crippen molar-refractivity contribution in [3.63, 3.8) is 0 Å². The van der Waals surface area contributed by atoms with Gasteiger partial charge in [0.15, 0.2) is 6.34 Å². The van der Waals surface area contributed by atoms with E-state index >= 15 is 0 Å². The predicted molar refractivity (Wildman–Crippen MR) is 71.6 cm³/mol. The summed E-state index contributed by atoms with van der Waals surface area (Å²) in [6.07, 6.45) is 2.98. The summed E-state index contributed by atoms with van der Waals surface area (Å²) in [5, 5.41) is 16.1. The number of nitrogens with two attached hydrogens (primary N) is 1. The van der Waals surface area contributed by atoms with Crippen molar-refractivity contribution in [2.75, 3.05) is 7.05 Å². The van der Waals surface area contributed by atoms with Crippen LogP contribution in [0.2, 0.25) is 0 Å². The Morgan fingerprint density at radius 3 is 2.89 bits per heavy atom. The van der Waals surface area contributed by atoms with Crippen LogP contribution < -0.4 is 5.73 Å². The fourth-order valence-corrected chi connectivity index (χ4v) is 1.64. The van der Waals surface area contributed by atoms with Gasteiger partial charge in [0, 0.05) is 23.7 Å². The van der Waals surface area contributed by atoms with E-state index in [4.69, 9.17) is 11.1 Å². The number of nitrogens with one attached hydrogen (secondary N) is 1. The van der Waals surface area contributed by atoms with E-state index in [1.165, 1.54) is 4.58 Å². The lowest BCUT2D eigenvalue weighted by Gasteiger charge is -1.92. The number of aryl methyl sites for hydroxylation is 1. The van der Waals surface area contributed by atoms with Crippen LogP contribution in [0.15, 0.2) is 40.7 Å². The van der Waals surface area contributed by atoms with Crippen LogP contribution >= 0.6 is 0 Å². The average molecular weight is 243 g/mol. The second kappa shape index (κ2) is 4.79. The summed E-state index contributed by atoms with van der Waals surface area (Å²) in [4.78, 5) is 0. The molecule has 0 saturated heterocycles. The highest BCUT2D eigenvalue weighted by molar-refractivity contribution is 5.91. The number of hydrogen-bond acceptors (Lipinski definition) is 2. The van der Waals surface area contributed by atoms with Gasteiger partial charge in [0.05, 0.1) is 12.6 Å². The molecule has 1 heterocycles. The van der Waals surface area contributed by atoms with Crippen molar-refractivity contribution in [1.29, 1.82) is 5.41 Å². The van der Waals surface area contributed by atoms with Crippen LogP contribution in [0, 0.1) is 5.41 Å². The lowest BCUT2D eigenvalue weighted by Crippen LogP contribution is -2.21. The van der Waals surface area contributed by atoms with Gasteiger partial charge in [0.25, 0.3) is 0 Å². The van der Waals surface area contributed by atoms with Gasteiger partial charge in [0.1, 0.15) is 5.69 Å². The zero-order valence-electron chi connectivity index (χ0n) is 10.3. The minimum absolute atomic E-state index is 0.179. The summed E-state index contributed by atoms with van der Waals surface area (Å²) in [5.74, 6) is 0.179. The second-order valence-corrected chi connectivity index (χ2v) is 3.94. The summed E-state index contributed by atoms with van der Waals surface area (Å²) >= 11 is 0. The van der Waals surface area contributed by atoms with Crippen molar-refractivity contribution >= 4 is 28.9 Å². The molecule has 0 aliphatic rings. The van der Waals surface area contributed by atoms with E-state index in [0.29, 0.717) is 0 Å². The molecule has 0 amide bonds. The number of rotatable bonds is 2. The highest BCUT2D eigenvalue weighted by atomic mass is 15.2. The van der Waals surface area contributed by atoms with Crippen LogP contribution in [0.4, 0.5) is 5.69 Å². The molecule has 0 saturated carbocycles. The average Bonchev–Trinajstić information content (AvgIpc) is 2.72. The van der Waals surface area contributed by atoms with Crippen molar-refractivity contribution in [3.8, 4) is 0 Å². The zero-order chi connectivity index (χ0) is 13.1. The smallest absolute Gasteiger partial charge is 0.348 e. The lowest BCUT2D eigenvalue weighted by molar-refractivity contribution is -0.363. The molecular weight excluding hydrogens is 228 g/mol. The first-order valence-electron chi connectivity index (χ1n) is 5.45. The first-order chi connectivity index (χ1) is 8.63. The van der Waals surface area contributed by atoms with Crippen molar-refractivity contribution in [2.45, 2.75) is 0 Å². The Hall–Kier alpha value is -2.50. The Bertz CT molecular complexity index is 650. The molecule has 0 radical (unpaired) electrons. The lowest BCUT2D eigenvalue weighted by atomic mass is 10.2. The minimum Gasteiger partial charge on any atom is -0.348 e. The van der Waals surface area contributed by atoms with Gasteiger partial charge in [-0.05, 0) is 6.07 Å². The summed E-state index contributed by atoms with van der Waals surface area (Å²) in [7, 11) is 3.60. The number of nitrogens with zero attached hydrogens (tertiary/aromatic N) is 4. The summed E-state index contributed by atoms with van der Waals surface area (Å²) in [5.41, 5.74) is 7.50. The van der Waals surface area contributed by atoms with E-state index in [2.05, 4.69) is 10.2 Å². The number of benzene rings is 1. The van der Waals surface area contributed by atoms with Gasteiger partial charge in [0.2, 0.25) is 0 Å². The number of guanidine groups is 1. The Labute approximate surface area is 105 Å². The van der Waals surface area contributed by atoms with Gasteiger partial charge in [-0.25, -0.2) is 4.58 Å². The first-order valence-corrected chi connectivity index (χ1v) is 5.45. The Morgan fingerprint density at radius 2 is 2.17 bits per heavy atom. The number of aromatic nitrogens is 1. The molecule has 0 atom stereocenters. The monoisotopic (exact) mass is 243 g/mol. The molecule has 18 heavy (non-hydrogen) atoms. The van der Waals surface area contributed by atoms with Crippen LogP contribution in [-0.2, 0) is 7.05 Å². The quantitative estimate of drug-likeness (QED) is 0.358. The van der Waals surface area contributed by atoms with Crippen LogP contribution in [0.25, 0.3) is 10.9 Å². The molecule has 0 bridgehead atoms. The normalized spacial score (nSPS) is 13.0. The maximum atomic E-state index is 7.05. The molecule has 92 valence electrons. The second-order valence-electron chi connectivity index (χ2n) is 3.94. The van der Waals surface area contributed by atoms with E-state index in [-0.39, 0.29) is 5.96 Å². The minimum atomic E-state index is 0.179. The van der Waals surface area contributed by atoms with Crippen molar-refractivity contribution < 1.29 is 4.58 Å². The SMILES string of the molecule is Cn1cc(N=NC(N)=[N+](C)C=N)c2ccccc21. The van der Waals surface area contributed by atoms with Gasteiger partial charge in [-0.15, -0.1) is 0 Å². The zero-order valence-corrected chi connectivity index (χ0v) is 10.3. The molecular formula is C12H15N6+. The first kappa shape index (κ1) is 12.0. The van der Waals surface area contributed by atoms with E-state index in [9.17, 15) is 0 Å². The maximum absolute atomic E-state index is 7.05. The number of para-hydroxylation sites is 1. The highest BCUT2D eigenvalue weighted by Gasteiger charge is 2.06. The Balaban J connectivity index is 2.45. The number of azo groups is 1. The largest absolute Gasteiger partial charge is 0.366 e. The highest BCUT2D eigenvalue weighted by Crippen LogP contribution is 2.27. The molecule has 2 rings (SSSR count). The third-order valence-electron chi connectivity index (χ3n) is 2.69. The van der Waals surface area contributed by atoms with Gasteiger partial charge in [-0.2, -0.15) is 5.41 Å². The molecule has 6 nitrogen and oxygen atoms in total. The number of fused-ring (bicyclic) bond motifs is 1. The third kappa shape index (κ3) is 2.13. The van der Waals surface area contributed by atoms with E-state index < -0.39 is 0 Å². The van der Waals surface area contributed by atoms with Gasteiger partial charge in [-0.1, -0.05) is 23.3 Å². The fourth-order valence-electron chi connectivity index (χ4n) is 1.64. The van der Waals surface area contributed by atoms with Crippen LogP contribution in [0.1, 0.15) is 0 Å². The van der Waals surface area contributed by atoms with Crippen LogP contribution in [0.3, 0.4) is 0 Å². The van der Waals surface area contributed by atoms with E-state index in [1.54, 1.807) is 7.05 Å². The fraction of sp³-hybridized carbons (Fsp3) is 0.167. The summed E-state index contributed by atoms with van der Waals surface area (Å²) in [6.45, 7) is 0. The molecule has 0 aliphatic carbocycles. The molecule has 1 aromatic carbocycles. The van der Waals surface area contributed by atoms with E-state index in [1.807, 2.05) is 42.1 Å². The summed E-state index contributed by atoms with van der Waals surface area (Å²) in [6, 6.07) is 7.94. The van der Waals surface area contributed by atoms with Gasteiger partial charge in [-0.3, -0.25) is 0 Å². The molecule has 0 unspecified atom stereocenters. The van der Waals surface area contributed by atoms with Gasteiger partial charge >= 0.3 is 5.96 Å². The molecule has 0 spiro atoms. The molecule has 3 N–H and O–H groups in total. The standard InChI is InChI=1S/C12H14N6/c1-17-7-10(9-5-3-4-6-11(9)17)15-16-12(14)18(2)8-13/h3-8,13-14H,1-2H3/p+1. The van der Waals surface area contributed by atoms with Crippen LogP contribution in [0.5, 0.6) is 0 Å². The van der Waals surface area contributed by atoms with Crippen molar-refractivity contribution in [1.82, 2.24) is 4.57 Å². The maximum Gasteiger partial charge on any atom is 0.366 e. The van der Waals surface area contributed by atoms with Crippen molar-refractivity contribution in [2.24, 2.45) is 23.0 Å². The number of hydrogen-bond donors (Lipinski definition) is 2. The Morgan fingerprint density at radius 1 is 1.44 bits per heavy atom. The predicted octanol–water partition coefficient (Wildman–Crippen LogP) is 1.83. The third-order valence-corrected chi connectivity index (χ3v) is 2.69. The van der Waals surface area contributed by atoms with Crippen LogP contribution in [-0.4, -0.2) is 28.5 Å². The molecule has 0 fully saturated rings. The van der Waals surface area contributed by atoms with E-state index in [0.717, 1.165) is 22.9 Å². The van der Waals surface area contributed by atoms with Crippen molar-refractivity contribution in [3.05, 3.63) is 30.5 Å². The molecule has 0 aliphatic heterocycles. The Kier molecular flexibility index (Phi) is 3.18. The van der Waals surface area contributed by atoms with Gasteiger partial charge < -0.3 is 10.3 Å².